The van der Waals surface area contributed by atoms with Crippen LogP contribution in [-0.2, 0) is 6.42 Å². The number of anilines is 1. The average molecular weight is 226 g/mol. The van der Waals surface area contributed by atoms with Gasteiger partial charge in [0.15, 0.2) is 0 Å². The van der Waals surface area contributed by atoms with Crippen molar-refractivity contribution in [3.05, 3.63) is 23.8 Å². The van der Waals surface area contributed by atoms with Crippen LogP contribution in [0.25, 0.3) is 0 Å². The summed E-state index contributed by atoms with van der Waals surface area (Å²) in [4.78, 5) is 0. The van der Waals surface area contributed by atoms with Gasteiger partial charge in [0, 0.05) is 23.7 Å². The van der Waals surface area contributed by atoms with Gasteiger partial charge in [-0.25, -0.2) is 0 Å². The Morgan fingerprint density at radius 1 is 1.40 bits per heavy atom. The fraction of sp³-hybridized carbons (Fsp3) is 0.500. The van der Waals surface area contributed by atoms with E-state index in [0.29, 0.717) is 12.5 Å². The Morgan fingerprint density at radius 2 is 2.33 bits per heavy atom. The molecule has 1 aromatic carbocycles. The number of halogens is 1. The highest BCUT2D eigenvalue weighted by Gasteiger charge is 2.12. The molecule has 0 aliphatic carbocycles. The molecule has 0 saturated heterocycles. The molecule has 0 unspecified atom stereocenters. The lowest BCUT2D eigenvalue weighted by molar-refractivity contribution is 0.315. The summed E-state index contributed by atoms with van der Waals surface area (Å²) in [5.74, 6) is 1.68. The average Bonchev–Trinajstić information content (AvgIpc) is 2.30. The van der Waals surface area contributed by atoms with E-state index in [-0.39, 0.29) is 0 Å². The second kappa shape index (κ2) is 5.26. The van der Waals surface area contributed by atoms with Crippen molar-refractivity contribution in [2.75, 3.05) is 24.3 Å². The standard InChI is InChI=1S/C12H16ClNO/c13-7-3-9-15-12-6-1-5-11-10(12)4-2-8-14-11/h1,5-6,14H,2-4,7-9H2. The van der Waals surface area contributed by atoms with Gasteiger partial charge in [-0.1, -0.05) is 6.07 Å². The van der Waals surface area contributed by atoms with Gasteiger partial charge in [0.25, 0.3) is 0 Å². The molecular formula is C12H16ClNO. The number of rotatable bonds is 4. The zero-order valence-corrected chi connectivity index (χ0v) is 9.52. The third-order valence-corrected chi connectivity index (χ3v) is 2.85. The summed E-state index contributed by atoms with van der Waals surface area (Å²) in [6.45, 7) is 1.78. The van der Waals surface area contributed by atoms with Gasteiger partial charge in [0.05, 0.1) is 6.61 Å². The van der Waals surface area contributed by atoms with Crippen molar-refractivity contribution in [3.63, 3.8) is 0 Å². The van der Waals surface area contributed by atoms with Gasteiger partial charge in [0.2, 0.25) is 0 Å². The second-order valence-corrected chi connectivity index (χ2v) is 4.08. The lowest BCUT2D eigenvalue weighted by Gasteiger charge is -2.20. The minimum Gasteiger partial charge on any atom is -0.493 e. The first kappa shape index (κ1) is 10.6. The van der Waals surface area contributed by atoms with E-state index in [1.54, 1.807) is 0 Å². The van der Waals surface area contributed by atoms with Crippen molar-refractivity contribution >= 4 is 17.3 Å². The predicted molar refractivity (Wildman–Crippen MR) is 64.1 cm³/mol. The molecule has 1 aliphatic heterocycles. The van der Waals surface area contributed by atoms with Crippen LogP contribution in [0.2, 0.25) is 0 Å². The molecule has 0 fully saturated rings. The Bertz CT molecular complexity index is 327. The quantitative estimate of drug-likeness (QED) is 0.628. The molecule has 1 heterocycles. The van der Waals surface area contributed by atoms with Crippen molar-refractivity contribution < 1.29 is 4.74 Å². The normalized spacial score (nSPS) is 14.2. The van der Waals surface area contributed by atoms with Crippen LogP contribution in [0.4, 0.5) is 5.69 Å². The molecule has 0 bridgehead atoms. The SMILES string of the molecule is ClCCCOc1cccc2c1CCCN2. The van der Waals surface area contributed by atoms with Crippen molar-refractivity contribution in [2.45, 2.75) is 19.3 Å². The van der Waals surface area contributed by atoms with Crippen LogP contribution in [0.1, 0.15) is 18.4 Å². The van der Waals surface area contributed by atoms with Crippen LogP contribution >= 0.6 is 11.6 Å². The highest BCUT2D eigenvalue weighted by atomic mass is 35.5. The molecular weight excluding hydrogens is 210 g/mol. The van der Waals surface area contributed by atoms with Crippen molar-refractivity contribution in [1.82, 2.24) is 0 Å². The Morgan fingerprint density at radius 3 is 3.20 bits per heavy atom. The second-order valence-electron chi connectivity index (χ2n) is 3.70. The molecule has 0 radical (unpaired) electrons. The van der Waals surface area contributed by atoms with Crippen LogP contribution in [0, 0.1) is 0 Å². The molecule has 1 N–H and O–H groups in total. The zero-order chi connectivity index (χ0) is 10.5. The van der Waals surface area contributed by atoms with Gasteiger partial charge in [0.1, 0.15) is 5.75 Å². The topological polar surface area (TPSA) is 21.3 Å². The minimum absolute atomic E-state index is 0.660. The maximum absolute atomic E-state index is 5.72. The molecule has 1 aromatic rings. The number of nitrogens with one attached hydrogen (secondary N) is 1. The third-order valence-electron chi connectivity index (χ3n) is 2.59. The van der Waals surface area contributed by atoms with Gasteiger partial charge < -0.3 is 10.1 Å². The number of hydrogen-bond acceptors (Lipinski definition) is 2. The van der Waals surface area contributed by atoms with Crippen LogP contribution in [0.3, 0.4) is 0 Å². The number of ether oxygens (including phenoxy) is 1. The first-order valence-electron chi connectivity index (χ1n) is 5.46. The first-order chi connectivity index (χ1) is 7.42. The Kier molecular flexibility index (Phi) is 3.73. The molecule has 0 saturated carbocycles. The monoisotopic (exact) mass is 225 g/mol. The maximum Gasteiger partial charge on any atom is 0.124 e. The van der Waals surface area contributed by atoms with Crippen molar-refractivity contribution in [3.8, 4) is 5.75 Å². The highest BCUT2D eigenvalue weighted by molar-refractivity contribution is 6.17. The lowest BCUT2D eigenvalue weighted by atomic mass is 10.0. The van der Waals surface area contributed by atoms with Gasteiger partial charge in [-0.05, 0) is 31.4 Å². The summed E-state index contributed by atoms with van der Waals surface area (Å²) < 4.78 is 5.72. The highest BCUT2D eigenvalue weighted by Crippen LogP contribution is 2.30. The zero-order valence-electron chi connectivity index (χ0n) is 8.76. The van der Waals surface area contributed by atoms with Gasteiger partial charge in [-0.15, -0.1) is 11.6 Å². The van der Waals surface area contributed by atoms with Crippen molar-refractivity contribution in [1.29, 1.82) is 0 Å². The van der Waals surface area contributed by atoms with Crippen molar-refractivity contribution in [2.24, 2.45) is 0 Å². The Labute approximate surface area is 95.6 Å². The molecule has 0 spiro atoms. The number of benzene rings is 1. The maximum atomic E-state index is 5.72. The molecule has 2 nitrogen and oxygen atoms in total. The van der Waals surface area contributed by atoms with Crippen LogP contribution < -0.4 is 10.1 Å². The van der Waals surface area contributed by atoms with Crippen LogP contribution in [0.5, 0.6) is 5.75 Å². The van der Waals surface area contributed by atoms with E-state index in [0.717, 1.165) is 25.1 Å². The molecule has 3 heteroatoms. The fourth-order valence-corrected chi connectivity index (χ4v) is 1.96. The Balaban J connectivity index is 2.09. The van der Waals surface area contributed by atoms with Gasteiger partial charge in [-0.3, -0.25) is 0 Å². The molecule has 15 heavy (non-hydrogen) atoms. The minimum atomic E-state index is 0.660. The number of fused-ring (bicyclic) bond motifs is 1. The smallest absolute Gasteiger partial charge is 0.124 e. The largest absolute Gasteiger partial charge is 0.493 e. The van der Waals surface area contributed by atoms with Crippen LogP contribution in [0.15, 0.2) is 18.2 Å². The van der Waals surface area contributed by atoms with Gasteiger partial charge >= 0.3 is 0 Å². The van der Waals surface area contributed by atoms with E-state index >= 15 is 0 Å². The summed E-state index contributed by atoms with van der Waals surface area (Å²) in [6, 6.07) is 6.19. The van der Waals surface area contributed by atoms with E-state index < -0.39 is 0 Å². The fourth-order valence-electron chi connectivity index (χ4n) is 1.85. The third kappa shape index (κ3) is 2.57. The van der Waals surface area contributed by atoms with E-state index in [1.165, 1.54) is 17.7 Å². The molecule has 82 valence electrons. The summed E-state index contributed by atoms with van der Waals surface area (Å²) >= 11 is 5.62. The first-order valence-corrected chi connectivity index (χ1v) is 6.00. The number of alkyl halides is 1. The van der Waals surface area contributed by atoms with E-state index in [2.05, 4.69) is 11.4 Å². The summed E-state index contributed by atoms with van der Waals surface area (Å²) in [6.07, 6.45) is 3.20. The van der Waals surface area contributed by atoms with E-state index in [1.807, 2.05) is 12.1 Å². The summed E-state index contributed by atoms with van der Waals surface area (Å²) in [5, 5.41) is 3.39. The van der Waals surface area contributed by atoms with E-state index in [9.17, 15) is 0 Å². The number of hydrogen-bond donors (Lipinski definition) is 1. The van der Waals surface area contributed by atoms with Gasteiger partial charge in [-0.2, -0.15) is 0 Å². The lowest BCUT2D eigenvalue weighted by Crippen LogP contribution is -2.13. The van der Waals surface area contributed by atoms with E-state index in [4.69, 9.17) is 16.3 Å². The predicted octanol–water partition coefficient (Wildman–Crippen LogP) is 3.05. The Hall–Kier alpha value is -0.890. The molecule has 0 amide bonds. The van der Waals surface area contributed by atoms with Crippen LogP contribution in [-0.4, -0.2) is 19.0 Å². The molecule has 0 atom stereocenters. The molecule has 2 rings (SSSR count). The summed E-state index contributed by atoms with van der Waals surface area (Å²) in [5.41, 5.74) is 2.54. The summed E-state index contributed by atoms with van der Waals surface area (Å²) in [7, 11) is 0. The molecule has 0 aromatic heterocycles. The molecule has 1 aliphatic rings.